The van der Waals surface area contributed by atoms with Crippen LogP contribution in [0.5, 0.6) is 0 Å². The number of aliphatic hydroxyl groups excluding tert-OH is 1. The van der Waals surface area contributed by atoms with E-state index >= 15 is 0 Å². The molecular weight excluding hydrogens is 300 g/mol. The second-order valence-electron chi connectivity index (χ2n) is 6.07. The third-order valence-electron chi connectivity index (χ3n) is 4.83. The number of likely N-dealkylation sites (tertiary alicyclic amines) is 1. The van der Waals surface area contributed by atoms with Crippen molar-refractivity contribution in [1.29, 1.82) is 0 Å². The highest BCUT2D eigenvalue weighted by molar-refractivity contribution is 6.31. The van der Waals surface area contributed by atoms with E-state index in [0.717, 1.165) is 36.3 Å². The normalized spacial score (nSPS) is 17.3. The Morgan fingerprint density at radius 2 is 2.05 bits per heavy atom. The number of carbonyl (C=O) groups is 1. The summed E-state index contributed by atoms with van der Waals surface area (Å²) in [5.74, 6) is 0. The molecule has 5 heteroatoms. The van der Waals surface area contributed by atoms with E-state index in [-0.39, 0.29) is 18.1 Å². The Balaban J connectivity index is 1.76. The average Bonchev–Trinajstić information content (AvgIpc) is 2.56. The van der Waals surface area contributed by atoms with E-state index in [1.807, 2.05) is 29.2 Å². The maximum absolute atomic E-state index is 12.2. The van der Waals surface area contributed by atoms with Crippen molar-refractivity contribution in [2.75, 3.05) is 26.2 Å². The molecule has 1 fully saturated rings. The standard InChI is InChI=1S/C17H25ClN2O2/c1-2-17(13-21)8-11-20(12-9-17)16(22)19-10-7-14-5-3-4-6-15(14)18/h3-6,21H,2,7-13H2,1H3,(H,19,22). The molecule has 1 saturated heterocycles. The van der Waals surface area contributed by atoms with Gasteiger partial charge in [0, 0.05) is 31.3 Å². The molecule has 0 atom stereocenters. The number of nitrogens with zero attached hydrogens (tertiary/aromatic N) is 1. The van der Waals surface area contributed by atoms with Crippen LogP contribution in [0.4, 0.5) is 4.79 Å². The monoisotopic (exact) mass is 324 g/mol. The van der Waals surface area contributed by atoms with E-state index in [4.69, 9.17) is 11.6 Å². The van der Waals surface area contributed by atoms with Gasteiger partial charge in [-0.1, -0.05) is 36.7 Å². The van der Waals surface area contributed by atoms with Crippen molar-refractivity contribution in [3.63, 3.8) is 0 Å². The molecule has 0 spiro atoms. The summed E-state index contributed by atoms with van der Waals surface area (Å²) in [6.45, 7) is 4.33. The number of rotatable bonds is 5. The minimum Gasteiger partial charge on any atom is -0.396 e. The highest BCUT2D eigenvalue weighted by Crippen LogP contribution is 2.34. The first-order valence-electron chi connectivity index (χ1n) is 7.97. The number of hydrogen-bond donors (Lipinski definition) is 2. The van der Waals surface area contributed by atoms with Gasteiger partial charge in [-0.2, -0.15) is 0 Å². The summed E-state index contributed by atoms with van der Waals surface area (Å²) in [6, 6.07) is 7.68. The van der Waals surface area contributed by atoms with Crippen LogP contribution < -0.4 is 5.32 Å². The zero-order valence-electron chi connectivity index (χ0n) is 13.1. The molecule has 1 aliphatic heterocycles. The first-order valence-corrected chi connectivity index (χ1v) is 8.35. The number of hydrogen-bond acceptors (Lipinski definition) is 2. The number of nitrogens with one attached hydrogen (secondary N) is 1. The van der Waals surface area contributed by atoms with Gasteiger partial charge in [0.1, 0.15) is 0 Å². The van der Waals surface area contributed by atoms with Gasteiger partial charge in [0.2, 0.25) is 0 Å². The van der Waals surface area contributed by atoms with E-state index < -0.39 is 0 Å². The second-order valence-corrected chi connectivity index (χ2v) is 6.48. The van der Waals surface area contributed by atoms with E-state index in [1.165, 1.54) is 0 Å². The fraction of sp³-hybridized carbons (Fsp3) is 0.588. The highest BCUT2D eigenvalue weighted by atomic mass is 35.5. The van der Waals surface area contributed by atoms with Crippen LogP contribution in [0.15, 0.2) is 24.3 Å². The summed E-state index contributed by atoms with van der Waals surface area (Å²) in [5, 5.41) is 13.2. The van der Waals surface area contributed by atoms with Crippen LogP contribution in [0.1, 0.15) is 31.7 Å². The average molecular weight is 325 g/mol. The molecular formula is C17H25ClN2O2. The molecule has 1 aromatic rings. The maximum Gasteiger partial charge on any atom is 0.317 e. The Kier molecular flexibility index (Phi) is 6.09. The van der Waals surface area contributed by atoms with E-state index in [1.54, 1.807) is 0 Å². The largest absolute Gasteiger partial charge is 0.396 e. The number of carbonyl (C=O) groups excluding carboxylic acids is 1. The summed E-state index contributed by atoms with van der Waals surface area (Å²) >= 11 is 6.10. The molecule has 4 nitrogen and oxygen atoms in total. The Morgan fingerprint density at radius 3 is 2.64 bits per heavy atom. The second kappa shape index (κ2) is 7.84. The lowest BCUT2D eigenvalue weighted by Gasteiger charge is -2.40. The Morgan fingerprint density at radius 1 is 1.36 bits per heavy atom. The molecule has 0 bridgehead atoms. The predicted octanol–water partition coefficient (Wildman–Crippen LogP) is 3.08. The molecule has 0 aromatic heterocycles. The Hall–Kier alpha value is -1.26. The summed E-state index contributed by atoms with van der Waals surface area (Å²) in [5.41, 5.74) is 1.06. The van der Waals surface area contributed by atoms with Crippen LogP contribution in [0.3, 0.4) is 0 Å². The first kappa shape index (κ1) is 17.1. The van der Waals surface area contributed by atoms with Crippen molar-refractivity contribution in [3.05, 3.63) is 34.9 Å². The number of aliphatic hydroxyl groups is 1. The smallest absolute Gasteiger partial charge is 0.317 e. The number of urea groups is 1. The van der Waals surface area contributed by atoms with Crippen LogP contribution in [0.25, 0.3) is 0 Å². The Labute approximate surface area is 137 Å². The minimum absolute atomic E-state index is 0.00828. The first-order chi connectivity index (χ1) is 10.6. The van der Waals surface area contributed by atoms with E-state index in [2.05, 4.69) is 12.2 Å². The fourth-order valence-corrected chi connectivity index (χ4v) is 3.15. The van der Waals surface area contributed by atoms with Crippen molar-refractivity contribution in [2.45, 2.75) is 32.6 Å². The molecule has 2 N–H and O–H groups in total. The molecule has 1 heterocycles. The summed E-state index contributed by atoms with van der Waals surface area (Å²) in [4.78, 5) is 14.0. The zero-order chi connectivity index (χ0) is 16.0. The van der Waals surface area contributed by atoms with Gasteiger partial charge in [0.25, 0.3) is 0 Å². The lowest BCUT2D eigenvalue weighted by Crippen LogP contribution is -2.48. The molecule has 0 aliphatic carbocycles. The highest BCUT2D eigenvalue weighted by Gasteiger charge is 2.33. The van der Waals surface area contributed by atoms with Gasteiger partial charge in [-0.05, 0) is 42.7 Å². The van der Waals surface area contributed by atoms with E-state index in [9.17, 15) is 9.90 Å². The van der Waals surface area contributed by atoms with E-state index in [0.29, 0.717) is 19.6 Å². The van der Waals surface area contributed by atoms with Crippen molar-refractivity contribution in [3.8, 4) is 0 Å². The third-order valence-corrected chi connectivity index (χ3v) is 5.19. The van der Waals surface area contributed by atoms with Crippen LogP contribution in [0, 0.1) is 5.41 Å². The van der Waals surface area contributed by atoms with Crippen molar-refractivity contribution in [2.24, 2.45) is 5.41 Å². The topological polar surface area (TPSA) is 52.6 Å². The van der Waals surface area contributed by atoms with Gasteiger partial charge >= 0.3 is 6.03 Å². The van der Waals surface area contributed by atoms with Gasteiger partial charge < -0.3 is 15.3 Å². The predicted molar refractivity (Wildman–Crippen MR) is 89.2 cm³/mol. The van der Waals surface area contributed by atoms with Gasteiger partial charge in [-0.15, -0.1) is 0 Å². The number of amides is 2. The molecule has 0 saturated carbocycles. The third kappa shape index (κ3) is 4.14. The zero-order valence-corrected chi connectivity index (χ0v) is 13.9. The minimum atomic E-state index is -0.0188. The van der Waals surface area contributed by atoms with Gasteiger partial charge in [-0.25, -0.2) is 4.79 Å². The molecule has 0 unspecified atom stereocenters. The Bertz CT molecular complexity index is 493. The molecule has 22 heavy (non-hydrogen) atoms. The molecule has 2 amide bonds. The van der Waals surface area contributed by atoms with Crippen molar-refractivity contribution >= 4 is 17.6 Å². The molecule has 1 aliphatic rings. The lowest BCUT2D eigenvalue weighted by atomic mass is 9.77. The fourth-order valence-electron chi connectivity index (χ4n) is 2.92. The lowest BCUT2D eigenvalue weighted by molar-refractivity contribution is 0.0520. The quantitative estimate of drug-likeness (QED) is 0.874. The summed E-state index contributed by atoms with van der Waals surface area (Å²) in [6.07, 6.45) is 3.44. The van der Waals surface area contributed by atoms with Gasteiger partial charge in [-0.3, -0.25) is 0 Å². The summed E-state index contributed by atoms with van der Waals surface area (Å²) in [7, 11) is 0. The van der Waals surface area contributed by atoms with Crippen LogP contribution in [-0.2, 0) is 6.42 Å². The number of halogens is 1. The van der Waals surface area contributed by atoms with Crippen LogP contribution in [-0.4, -0.2) is 42.3 Å². The summed E-state index contributed by atoms with van der Waals surface area (Å²) < 4.78 is 0. The van der Waals surface area contributed by atoms with Crippen molar-refractivity contribution in [1.82, 2.24) is 10.2 Å². The van der Waals surface area contributed by atoms with Crippen LogP contribution >= 0.6 is 11.6 Å². The molecule has 1 aromatic carbocycles. The van der Waals surface area contributed by atoms with Crippen LogP contribution in [0.2, 0.25) is 5.02 Å². The van der Waals surface area contributed by atoms with Crippen molar-refractivity contribution < 1.29 is 9.90 Å². The maximum atomic E-state index is 12.2. The SMILES string of the molecule is CCC1(CO)CCN(C(=O)NCCc2ccccc2Cl)CC1. The number of piperidine rings is 1. The van der Waals surface area contributed by atoms with Gasteiger partial charge in [0.15, 0.2) is 0 Å². The number of benzene rings is 1. The molecule has 0 radical (unpaired) electrons. The molecule has 122 valence electrons. The molecule has 2 rings (SSSR count). The van der Waals surface area contributed by atoms with Gasteiger partial charge in [0.05, 0.1) is 0 Å².